The van der Waals surface area contributed by atoms with E-state index >= 15 is 33.6 Å². The van der Waals surface area contributed by atoms with Gasteiger partial charge in [0, 0.05) is 42.8 Å². The Kier molecular flexibility index (Phi) is 31.4. The Labute approximate surface area is 735 Å². The van der Waals surface area contributed by atoms with E-state index in [0.29, 0.717) is 61.0 Å². The number of nitrogens with two attached hydrogens (primary N) is 1. The van der Waals surface area contributed by atoms with Crippen molar-refractivity contribution in [1.29, 1.82) is 0 Å². The molecule has 3 heterocycles. The molecule has 28 heteroatoms. The van der Waals surface area contributed by atoms with Crippen LogP contribution in [0.15, 0.2) is 149 Å². The topological polar surface area (TPSA) is 354 Å². The number of benzene rings is 6. The number of rotatable bonds is 36. The number of sulfonamides is 1. The van der Waals surface area contributed by atoms with Crippen LogP contribution in [-0.2, 0) is 73.8 Å². The number of guanidine groups is 1. The van der Waals surface area contributed by atoms with Gasteiger partial charge in [0.15, 0.2) is 0 Å². The van der Waals surface area contributed by atoms with Crippen molar-refractivity contribution in [3.63, 3.8) is 0 Å². The number of hydrogen-bond donors (Lipinski definition) is 8. The third-order valence-electron chi connectivity index (χ3n) is 25.2. The average molecular weight is 1740 g/mol. The van der Waals surface area contributed by atoms with Crippen LogP contribution in [0.3, 0.4) is 0 Å². The molecule has 0 aromatic heterocycles. The predicted octanol–water partition coefficient (Wildman–Crippen LogP) is 12.0. The number of carbonyl (C=O) groups excluding carboxylic acids is 9. The zero-order valence-corrected chi connectivity index (χ0v) is 76.1. The Bertz CT molecular complexity index is 4830. The molecule has 1 saturated carbocycles. The molecule has 5 aliphatic rings. The SMILES string of the molecule is CC[C@H](C)[C@H](NC(=O)[C@@H]1C[C@@H]2CCCC[C@@H]2N1C(=O)[C@@H]1CCCN1C(=O)[C@H](CC(C)C)NC(=O)[C@H](COC(C)(C)C)NC(=O)[C@H](CCCN=C(N)NS(=O)(=O)c1c(C)c(C)c2c(c1C)CC(C)(C)O2)NC(=O)OCC1c2ccccc2-c2ccccc21)C(=O)N[C@@H](CSC(c1ccccc1)(c1ccccc1)c1ccccc1)C(=O)N[C@H](C(=O)OC)[C@@H](C)CC. The largest absolute Gasteiger partial charge is 0.487 e. The summed E-state index contributed by atoms with van der Waals surface area (Å²) in [6, 6.07) is 35.2. The van der Waals surface area contributed by atoms with E-state index in [-0.39, 0.29) is 85.7 Å². The molecule has 668 valence electrons. The highest BCUT2D eigenvalue weighted by molar-refractivity contribution is 8.00. The number of nitrogens with one attached hydrogen (secondary N) is 7. The Morgan fingerprint density at radius 3 is 1.77 bits per heavy atom. The van der Waals surface area contributed by atoms with Crippen molar-refractivity contribution in [2.75, 3.05) is 39.2 Å². The third-order valence-corrected chi connectivity index (χ3v) is 28.5. The van der Waals surface area contributed by atoms with E-state index in [1.54, 1.807) is 39.5 Å². The summed E-state index contributed by atoms with van der Waals surface area (Å²) in [5.74, 6) is -6.36. The first-order valence-electron chi connectivity index (χ1n) is 43.9. The van der Waals surface area contributed by atoms with Gasteiger partial charge in [0.25, 0.3) is 10.0 Å². The number of carbonyl (C=O) groups is 9. The molecular formula is C96H127N11O15S2. The summed E-state index contributed by atoms with van der Waals surface area (Å²) < 4.78 is 53.6. The number of alkyl carbamates (subject to hydrolysis) is 1. The van der Waals surface area contributed by atoms with Crippen molar-refractivity contribution < 1.29 is 70.5 Å². The molecular weight excluding hydrogens is 1610 g/mol. The fourth-order valence-corrected chi connectivity index (χ4v) is 21.3. The molecule has 3 aliphatic heterocycles. The van der Waals surface area contributed by atoms with Gasteiger partial charge in [-0.1, -0.05) is 207 Å². The fraction of sp³-hybridized carbons (Fsp3) is 0.521. The Morgan fingerprint density at radius 2 is 1.19 bits per heavy atom. The van der Waals surface area contributed by atoms with Crippen molar-refractivity contribution in [2.24, 2.45) is 34.4 Å². The summed E-state index contributed by atoms with van der Waals surface area (Å²) in [5.41, 5.74) is 14.1. The molecule has 0 bridgehead atoms. The van der Waals surface area contributed by atoms with Crippen LogP contribution in [0.25, 0.3) is 11.1 Å². The lowest BCUT2D eigenvalue weighted by Crippen LogP contribution is -2.62. The molecule has 0 spiro atoms. The minimum absolute atomic E-state index is 0.0199. The highest BCUT2D eigenvalue weighted by Gasteiger charge is 2.53. The van der Waals surface area contributed by atoms with Crippen LogP contribution in [0.2, 0.25) is 0 Å². The normalized spacial score (nSPS) is 19.3. The zero-order chi connectivity index (χ0) is 89.7. The predicted molar refractivity (Wildman–Crippen MR) is 480 cm³/mol. The summed E-state index contributed by atoms with van der Waals surface area (Å²) in [6.07, 6.45) is 4.47. The van der Waals surface area contributed by atoms with Gasteiger partial charge in [0.2, 0.25) is 47.3 Å². The summed E-state index contributed by atoms with van der Waals surface area (Å²) >= 11 is 1.45. The molecule has 124 heavy (non-hydrogen) atoms. The number of thioether (sulfide) groups is 1. The van der Waals surface area contributed by atoms with Crippen LogP contribution < -0.4 is 47.1 Å². The van der Waals surface area contributed by atoms with Crippen molar-refractivity contribution in [3.8, 4) is 16.9 Å². The Morgan fingerprint density at radius 1 is 0.637 bits per heavy atom. The van der Waals surface area contributed by atoms with Gasteiger partial charge in [-0.05, 0) is 186 Å². The van der Waals surface area contributed by atoms with E-state index in [1.165, 1.54) is 23.8 Å². The highest BCUT2D eigenvalue weighted by Crippen LogP contribution is 2.50. The van der Waals surface area contributed by atoms with E-state index in [4.69, 9.17) is 24.7 Å². The van der Waals surface area contributed by atoms with E-state index in [9.17, 15) is 18.0 Å². The quantitative estimate of drug-likeness (QED) is 0.00595. The number of esters is 1. The van der Waals surface area contributed by atoms with Gasteiger partial charge >= 0.3 is 12.1 Å². The molecule has 2 saturated heterocycles. The molecule has 12 atom stereocenters. The first kappa shape index (κ1) is 94.4. The molecule has 9 N–H and O–H groups in total. The third kappa shape index (κ3) is 21.9. The number of fused-ring (bicyclic) bond motifs is 5. The number of nitrogens with zero attached hydrogens (tertiary/aromatic N) is 3. The number of methoxy groups -OCH3 is 1. The average Bonchev–Trinajstić information content (AvgIpc) is 1.35. The van der Waals surface area contributed by atoms with Crippen LogP contribution in [0.1, 0.15) is 209 Å². The van der Waals surface area contributed by atoms with E-state index < -0.39 is 146 Å². The van der Waals surface area contributed by atoms with E-state index in [2.05, 4.69) is 41.6 Å². The highest BCUT2D eigenvalue weighted by atomic mass is 32.2. The van der Waals surface area contributed by atoms with Gasteiger partial charge in [0.05, 0.1) is 29.0 Å². The number of hydrogen-bond acceptors (Lipinski definition) is 17. The van der Waals surface area contributed by atoms with Gasteiger partial charge < -0.3 is 66.4 Å². The second-order valence-electron chi connectivity index (χ2n) is 36.0. The summed E-state index contributed by atoms with van der Waals surface area (Å²) in [5, 5.41) is 17.7. The lowest BCUT2D eigenvalue weighted by molar-refractivity contribution is -0.150. The molecule has 6 aromatic carbocycles. The lowest BCUT2D eigenvalue weighted by Gasteiger charge is -2.38. The van der Waals surface area contributed by atoms with E-state index in [0.717, 1.165) is 63.8 Å². The van der Waals surface area contributed by atoms with E-state index in [1.807, 2.05) is 202 Å². The molecule has 11 rings (SSSR count). The molecule has 2 aliphatic carbocycles. The fourth-order valence-electron chi connectivity index (χ4n) is 18.3. The molecule has 3 fully saturated rings. The minimum atomic E-state index is -4.29. The number of likely N-dealkylation sites (tertiary alicyclic amines) is 2. The summed E-state index contributed by atoms with van der Waals surface area (Å²) in [6.45, 7) is 25.3. The standard InChI is InChI=1S/C96H127N11O15S2/c1-16-58(5)80(88(112)101-76(86(110)104-81(59(6)17-2)91(115)119-15)56-123-96(64-36-21-18-22-37-64,65-38-23-19-24-39-65)66-40-25-20-26-41-66)103-87(111)79-52-63-35-27-32-47-77(63)107(79)90(114)78-48-34-50-106(78)89(113)74(51-57(3)4)99-85(109)75(55-121-94(10,11)12)100-84(108)73(102-93(116)120-54-72-69-44-30-28-42-67(69)68-43-29-31-45-70(68)72)46-33-49-98-92(97)105-124(117,118)83-61(8)60(7)82-71(62(83)9)53-95(13,14)122-82/h18-26,28-31,36-45,57-59,63,72-81H,16-17,27,32-35,46-56H2,1-15H3,(H,99,109)(H,100,108)(H,101,112)(H,102,116)(H,103,111)(H,104,110)(H3,97,98,105)/t58-,59-,63-,73-,74-,75-,76-,77-,78-,79-,80-,81-/m0/s1. The number of ether oxygens (including phenoxy) is 4. The molecule has 0 radical (unpaired) electrons. The monoisotopic (exact) mass is 1740 g/mol. The van der Waals surface area contributed by atoms with Crippen molar-refractivity contribution in [1.82, 2.24) is 46.4 Å². The lowest BCUT2D eigenvalue weighted by atomic mass is 9.84. The zero-order valence-electron chi connectivity index (χ0n) is 74.4. The van der Waals surface area contributed by atoms with Crippen LogP contribution in [-0.4, -0.2) is 182 Å². The Hall–Kier alpha value is -10.3. The smallest absolute Gasteiger partial charge is 0.407 e. The van der Waals surface area contributed by atoms with Gasteiger partial charge in [-0.3, -0.25) is 38.6 Å². The molecule has 0 unspecified atom stereocenters. The van der Waals surface area contributed by atoms with Crippen molar-refractivity contribution in [3.05, 3.63) is 190 Å². The summed E-state index contributed by atoms with van der Waals surface area (Å²) in [7, 11) is -3.03. The maximum Gasteiger partial charge on any atom is 0.407 e. The first-order valence-corrected chi connectivity index (χ1v) is 46.4. The number of aliphatic imine (C=N–C) groups is 1. The van der Waals surface area contributed by atoms with Crippen LogP contribution >= 0.6 is 11.8 Å². The molecule has 26 nitrogen and oxygen atoms in total. The second-order valence-corrected chi connectivity index (χ2v) is 38.8. The van der Waals surface area contributed by atoms with Crippen molar-refractivity contribution in [2.45, 2.75) is 262 Å². The maximum atomic E-state index is 15.9. The number of amides is 8. The first-order chi connectivity index (χ1) is 59.0. The maximum absolute atomic E-state index is 15.9. The van der Waals surface area contributed by atoms with Crippen LogP contribution in [0.4, 0.5) is 4.79 Å². The molecule has 8 amide bonds. The van der Waals surface area contributed by atoms with Gasteiger partial charge in [-0.15, -0.1) is 11.8 Å². The van der Waals surface area contributed by atoms with Gasteiger partial charge in [0.1, 0.15) is 66.3 Å². The van der Waals surface area contributed by atoms with Gasteiger partial charge in [-0.2, -0.15) is 0 Å². The summed E-state index contributed by atoms with van der Waals surface area (Å²) in [4.78, 5) is 144. The van der Waals surface area contributed by atoms with Crippen LogP contribution in [0.5, 0.6) is 5.75 Å². The Balaban J connectivity index is 0.823. The van der Waals surface area contributed by atoms with Crippen molar-refractivity contribution >= 4 is 81.2 Å². The minimum Gasteiger partial charge on any atom is -0.487 e. The van der Waals surface area contributed by atoms with Crippen LogP contribution in [0, 0.1) is 44.4 Å². The molecule has 6 aromatic rings. The van der Waals surface area contributed by atoms with Gasteiger partial charge in [-0.25, -0.2) is 22.7 Å². The second kappa shape index (κ2) is 41.2.